The number of carbonyl (C=O) groups excluding carboxylic acids is 1. The Morgan fingerprint density at radius 1 is 1.15 bits per heavy atom. The Hall–Kier alpha value is -3.47. The SMILES string of the molecule is CCCCOC(=O)c1ccc(/N=N/c2c(C)c(C#N)c(=O)n(CC(CC)CCCC)c2O)cc1. The van der Waals surface area contributed by atoms with Gasteiger partial charge < -0.3 is 9.84 Å². The Balaban J connectivity index is 2.33. The summed E-state index contributed by atoms with van der Waals surface area (Å²) in [4.78, 5) is 24.9. The lowest BCUT2D eigenvalue weighted by Crippen LogP contribution is -2.27. The smallest absolute Gasteiger partial charge is 0.338 e. The number of nitriles is 1. The molecular weight excluding hydrogens is 432 g/mol. The molecule has 8 nitrogen and oxygen atoms in total. The highest BCUT2D eigenvalue weighted by Crippen LogP contribution is 2.33. The molecule has 1 atom stereocenters. The van der Waals surface area contributed by atoms with E-state index in [1.807, 2.05) is 19.9 Å². The van der Waals surface area contributed by atoms with E-state index < -0.39 is 11.5 Å². The molecule has 1 N–H and O–H groups in total. The fraction of sp³-hybridized carbons (Fsp3) is 0.500. The first kappa shape index (κ1) is 26.8. The van der Waals surface area contributed by atoms with Gasteiger partial charge in [0.1, 0.15) is 11.6 Å². The van der Waals surface area contributed by atoms with Crippen molar-refractivity contribution in [2.75, 3.05) is 6.61 Å². The van der Waals surface area contributed by atoms with Crippen LogP contribution in [-0.2, 0) is 11.3 Å². The third kappa shape index (κ3) is 6.77. The standard InChI is InChI=1S/C26H34N4O4/c1-5-8-10-19(7-3)17-30-24(31)22(16-27)18(4)23(25(30)32)29-28-21-13-11-20(12-14-21)26(33)34-15-9-6-2/h11-14,19,32H,5-10,15,17H2,1-4H3/b29-28+. The van der Waals surface area contributed by atoms with E-state index in [0.29, 0.717) is 24.4 Å². The van der Waals surface area contributed by atoms with Gasteiger partial charge in [0.05, 0.1) is 17.9 Å². The van der Waals surface area contributed by atoms with Crippen LogP contribution in [0.2, 0.25) is 0 Å². The number of rotatable bonds is 12. The molecule has 0 aliphatic rings. The van der Waals surface area contributed by atoms with E-state index >= 15 is 0 Å². The molecule has 1 unspecified atom stereocenters. The number of hydrogen-bond acceptors (Lipinski definition) is 7. The van der Waals surface area contributed by atoms with Crippen molar-refractivity contribution in [2.45, 2.75) is 72.8 Å². The van der Waals surface area contributed by atoms with Crippen molar-refractivity contribution in [1.82, 2.24) is 4.57 Å². The number of hydrogen-bond donors (Lipinski definition) is 1. The molecule has 0 spiro atoms. The van der Waals surface area contributed by atoms with E-state index in [1.54, 1.807) is 31.2 Å². The van der Waals surface area contributed by atoms with Gasteiger partial charge in [-0.1, -0.05) is 46.5 Å². The molecule has 0 amide bonds. The fourth-order valence-corrected chi connectivity index (χ4v) is 3.57. The second-order valence-electron chi connectivity index (χ2n) is 8.35. The summed E-state index contributed by atoms with van der Waals surface area (Å²) in [5.74, 6) is -0.492. The maximum absolute atomic E-state index is 12.9. The predicted octanol–water partition coefficient (Wildman–Crippen LogP) is 6.32. The lowest BCUT2D eigenvalue weighted by molar-refractivity contribution is 0.0500. The molecule has 0 bridgehead atoms. The Morgan fingerprint density at radius 3 is 2.41 bits per heavy atom. The minimum atomic E-state index is -0.516. The van der Waals surface area contributed by atoms with Gasteiger partial charge in [-0.25, -0.2) is 4.79 Å². The number of ether oxygens (including phenoxy) is 1. The molecule has 0 radical (unpaired) electrons. The zero-order chi connectivity index (χ0) is 25.1. The van der Waals surface area contributed by atoms with E-state index in [4.69, 9.17) is 4.74 Å². The van der Waals surface area contributed by atoms with Crippen LogP contribution in [0.3, 0.4) is 0 Å². The van der Waals surface area contributed by atoms with Gasteiger partial charge in [-0.2, -0.15) is 10.4 Å². The summed E-state index contributed by atoms with van der Waals surface area (Å²) in [5.41, 5.74) is 0.661. The summed E-state index contributed by atoms with van der Waals surface area (Å²) >= 11 is 0. The molecule has 0 aliphatic heterocycles. The average Bonchev–Trinajstić information content (AvgIpc) is 2.84. The monoisotopic (exact) mass is 466 g/mol. The molecule has 2 aromatic rings. The zero-order valence-corrected chi connectivity index (χ0v) is 20.5. The van der Waals surface area contributed by atoms with Gasteiger partial charge >= 0.3 is 5.97 Å². The number of carbonyl (C=O) groups is 1. The lowest BCUT2D eigenvalue weighted by atomic mass is 9.99. The van der Waals surface area contributed by atoms with Crippen molar-refractivity contribution >= 4 is 17.3 Å². The van der Waals surface area contributed by atoms with Crippen LogP contribution in [0.5, 0.6) is 5.88 Å². The molecule has 0 saturated heterocycles. The van der Waals surface area contributed by atoms with Crippen molar-refractivity contribution in [2.24, 2.45) is 16.1 Å². The predicted molar refractivity (Wildman–Crippen MR) is 131 cm³/mol. The van der Waals surface area contributed by atoms with Gasteiger partial charge in [0, 0.05) is 12.1 Å². The van der Waals surface area contributed by atoms with Crippen LogP contribution in [0.1, 0.15) is 80.8 Å². The van der Waals surface area contributed by atoms with E-state index in [0.717, 1.165) is 38.5 Å². The van der Waals surface area contributed by atoms with Gasteiger partial charge in [0.15, 0.2) is 5.69 Å². The summed E-state index contributed by atoms with van der Waals surface area (Å²) < 4.78 is 6.43. The van der Waals surface area contributed by atoms with Crippen molar-refractivity contribution in [3.63, 3.8) is 0 Å². The van der Waals surface area contributed by atoms with Crippen molar-refractivity contribution in [3.05, 3.63) is 51.3 Å². The van der Waals surface area contributed by atoms with Gasteiger partial charge in [0.25, 0.3) is 5.56 Å². The minimum Gasteiger partial charge on any atom is -0.493 e. The van der Waals surface area contributed by atoms with Gasteiger partial charge in [0.2, 0.25) is 5.88 Å². The Kier molecular flexibility index (Phi) is 10.5. The third-order valence-corrected chi connectivity index (χ3v) is 5.85. The molecule has 182 valence electrons. The second-order valence-corrected chi connectivity index (χ2v) is 8.35. The number of unbranched alkanes of at least 4 members (excludes halogenated alkanes) is 2. The highest BCUT2D eigenvalue weighted by atomic mass is 16.5. The number of esters is 1. The molecule has 0 fully saturated rings. The van der Waals surface area contributed by atoms with Crippen LogP contribution in [-0.4, -0.2) is 22.2 Å². The van der Waals surface area contributed by atoms with Crippen LogP contribution in [0.25, 0.3) is 0 Å². The first-order chi connectivity index (χ1) is 16.4. The molecule has 1 aromatic carbocycles. The van der Waals surface area contributed by atoms with Crippen LogP contribution in [0.15, 0.2) is 39.3 Å². The molecule has 2 rings (SSSR count). The van der Waals surface area contributed by atoms with Crippen LogP contribution in [0, 0.1) is 24.2 Å². The van der Waals surface area contributed by atoms with Gasteiger partial charge in [-0.15, -0.1) is 5.11 Å². The fourth-order valence-electron chi connectivity index (χ4n) is 3.57. The van der Waals surface area contributed by atoms with Crippen molar-refractivity contribution in [1.29, 1.82) is 5.26 Å². The summed E-state index contributed by atoms with van der Waals surface area (Å²) in [6, 6.07) is 8.37. The van der Waals surface area contributed by atoms with E-state index in [9.17, 15) is 20.0 Å². The molecular formula is C26H34N4O4. The molecule has 1 aromatic heterocycles. The average molecular weight is 467 g/mol. The second kappa shape index (κ2) is 13.3. The maximum Gasteiger partial charge on any atom is 0.338 e. The van der Waals surface area contributed by atoms with Crippen LogP contribution < -0.4 is 5.56 Å². The molecule has 0 aliphatic carbocycles. The summed E-state index contributed by atoms with van der Waals surface area (Å²) in [5, 5.41) is 28.8. The highest BCUT2D eigenvalue weighted by molar-refractivity contribution is 5.89. The van der Waals surface area contributed by atoms with E-state index in [-0.39, 0.29) is 28.6 Å². The molecule has 8 heteroatoms. The number of aromatic hydroxyl groups is 1. The highest BCUT2D eigenvalue weighted by Gasteiger charge is 2.21. The van der Waals surface area contributed by atoms with Crippen LogP contribution in [0.4, 0.5) is 11.4 Å². The van der Waals surface area contributed by atoms with E-state index in [1.165, 1.54) is 4.57 Å². The number of azo groups is 1. The Morgan fingerprint density at radius 2 is 1.82 bits per heavy atom. The van der Waals surface area contributed by atoms with E-state index in [2.05, 4.69) is 17.2 Å². The summed E-state index contributed by atoms with van der Waals surface area (Å²) in [7, 11) is 0. The summed E-state index contributed by atoms with van der Waals surface area (Å²) in [6.45, 7) is 8.44. The van der Waals surface area contributed by atoms with Gasteiger partial charge in [-0.05, 0) is 49.9 Å². The van der Waals surface area contributed by atoms with Crippen molar-refractivity contribution in [3.8, 4) is 11.9 Å². The zero-order valence-electron chi connectivity index (χ0n) is 20.5. The molecule has 0 saturated carbocycles. The van der Waals surface area contributed by atoms with Crippen molar-refractivity contribution < 1.29 is 14.6 Å². The Bertz CT molecular complexity index is 1100. The first-order valence-corrected chi connectivity index (χ1v) is 11.9. The topological polar surface area (TPSA) is 117 Å². The van der Waals surface area contributed by atoms with Crippen LogP contribution >= 0.6 is 0 Å². The first-order valence-electron chi connectivity index (χ1n) is 11.9. The number of nitrogens with zero attached hydrogens (tertiary/aromatic N) is 4. The van der Waals surface area contributed by atoms with Gasteiger partial charge in [-0.3, -0.25) is 9.36 Å². The largest absolute Gasteiger partial charge is 0.493 e. The lowest BCUT2D eigenvalue weighted by Gasteiger charge is -2.19. The maximum atomic E-state index is 12.9. The Labute approximate surface area is 200 Å². The number of aromatic nitrogens is 1. The molecule has 1 heterocycles. The quantitative estimate of drug-likeness (QED) is 0.223. The third-order valence-electron chi connectivity index (χ3n) is 5.85. The minimum absolute atomic E-state index is 0.0535. The molecule has 34 heavy (non-hydrogen) atoms. The normalized spacial score (nSPS) is 12.0. The number of benzene rings is 1. The number of pyridine rings is 1. The summed E-state index contributed by atoms with van der Waals surface area (Å²) in [6.07, 6.45) is 5.61.